The molecule has 0 fully saturated rings. The number of fused-ring (bicyclic) bond motifs is 1. The predicted octanol–water partition coefficient (Wildman–Crippen LogP) is 5.14. The number of hydrogen-bond acceptors (Lipinski definition) is 6. The van der Waals surface area contributed by atoms with Gasteiger partial charge in [0.2, 0.25) is 0 Å². The summed E-state index contributed by atoms with van der Waals surface area (Å²) in [6, 6.07) is 11.4. The van der Waals surface area contributed by atoms with Crippen molar-refractivity contribution < 1.29 is 14.3 Å². The van der Waals surface area contributed by atoms with Crippen LogP contribution in [0.5, 0.6) is 11.5 Å². The highest BCUT2D eigenvalue weighted by Crippen LogP contribution is 2.38. The number of aryl methyl sites for hydroxylation is 1. The van der Waals surface area contributed by atoms with E-state index < -0.39 is 0 Å². The summed E-state index contributed by atoms with van der Waals surface area (Å²) in [6.45, 7) is 3.51. The third kappa shape index (κ3) is 5.09. The van der Waals surface area contributed by atoms with Crippen LogP contribution < -0.4 is 14.8 Å². The monoisotopic (exact) mass is 460 g/mol. The summed E-state index contributed by atoms with van der Waals surface area (Å²) >= 11 is 9.56. The maximum Gasteiger partial charge on any atom is 0.252 e. The fourth-order valence-electron chi connectivity index (χ4n) is 3.13. The summed E-state index contributed by atoms with van der Waals surface area (Å²) in [5.41, 5.74) is 2.70. The molecular formula is C22H21ClN2O3S2. The standard InChI is InChI=1S/C22H21ClN2O3S2/c1-14-25-16(12-29-14)13-30-20-5-3-2-4-17(20)22(26)24-7-6-15-10-18(23)21-19(11-15)27-8-9-28-21/h2-5,10-12H,6-9,13H2,1H3,(H,24,26). The Kier molecular flexibility index (Phi) is 6.82. The summed E-state index contributed by atoms with van der Waals surface area (Å²) in [5, 5.41) is 6.65. The molecule has 1 aliphatic rings. The Morgan fingerprint density at radius 1 is 1.27 bits per heavy atom. The largest absolute Gasteiger partial charge is 0.486 e. The van der Waals surface area contributed by atoms with E-state index in [0.29, 0.717) is 48.3 Å². The van der Waals surface area contributed by atoms with Gasteiger partial charge in [0.25, 0.3) is 5.91 Å². The first-order valence-corrected chi connectivity index (χ1v) is 11.8. The van der Waals surface area contributed by atoms with Crippen LogP contribution in [0.25, 0.3) is 0 Å². The summed E-state index contributed by atoms with van der Waals surface area (Å²) in [4.78, 5) is 18.2. The quantitative estimate of drug-likeness (QED) is 0.494. The summed E-state index contributed by atoms with van der Waals surface area (Å²) in [7, 11) is 0. The molecule has 8 heteroatoms. The summed E-state index contributed by atoms with van der Waals surface area (Å²) in [5.74, 6) is 1.91. The van der Waals surface area contributed by atoms with Crippen molar-refractivity contribution in [1.29, 1.82) is 0 Å². The number of aromatic nitrogens is 1. The van der Waals surface area contributed by atoms with Gasteiger partial charge < -0.3 is 14.8 Å². The fourth-order valence-corrected chi connectivity index (χ4v) is 5.08. The van der Waals surface area contributed by atoms with Gasteiger partial charge in [-0.3, -0.25) is 4.79 Å². The van der Waals surface area contributed by atoms with Crippen molar-refractivity contribution in [3.63, 3.8) is 0 Å². The minimum absolute atomic E-state index is 0.0869. The third-order valence-corrected chi connectivity index (χ3v) is 6.74. The normalized spacial score (nSPS) is 12.6. The van der Waals surface area contributed by atoms with Crippen molar-refractivity contribution in [3.8, 4) is 11.5 Å². The molecule has 5 nitrogen and oxygen atoms in total. The summed E-state index contributed by atoms with van der Waals surface area (Å²) < 4.78 is 11.2. The Labute approximate surface area is 188 Å². The molecule has 1 N–H and O–H groups in total. The average molecular weight is 461 g/mol. The molecule has 0 unspecified atom stereocenters. The second kappa shape index (κ2) is 9.73. The van der Waals surface area contributed by atoms with Gasteiger partial charge in [0, 0.05) is 22.6 Å². The Bertz CT molecular complexity index is 1050. The first-order valence-electron chi connectivity index (χ1n) is 9.59. The van der Waals surface area contributed by atoms with E-state index >= 15 is 0 Å². The first-order chi connectivity index (χ1) is 14.6. The molecule has 0 saturated carbocycles. The van der Waals surface area contributed by atoms with Gasteiger partial charge in [-0.2, -0.15) is 0 Å². The molecular weight excluding hydrogens is 440 g/mol. The number of nitrogens with zero attached hydrogens (tertiary/aromatic N) is 1. The number of nitrogens with one attached hydrogen (secondary N) is 1. The molecule has 0 saturated heterocycles. The lowest BCUT2D eigenvalue weighted by molar-refractivity contribution is 0.0951. The van der Waals surface area contributed by atoms with E-state index in [2.05, 4.69) is 15.7 Å². The zero-order valence-electron chi connectivity index (χ0n) is 16.4. The molecule has 1 aliphatic heterocycles. The van der Waals surface area contributed by atoms with Crippen molar-refractivity contribution >= 4 is 40.6 Å². The van der Waals surface area contributed by atoms with E-state index in [0.717, 1.165) is 26.9 Å². The molecule has 1 amide bonds. The number of carbonyl (C=O) groups excluding carboxylic acids is 1. The number of rotatable bonds is 7. The van der Waals surface area contributed by atoms with E-state index in [-0.39, 0.29) is 5.91 Å². The highest BCUT2D eigenvalue weighted by Gasteiger charge is 2.17. The highest BCUT2D eigenvalue weighted by atomic mass is 35.5. The molecule has 2 heterocycles. The van der Waals surface area contributed by atoms with Crippen molar-refractivity contribution in [3.05, 3.63) is 68.6 Å². The number of carbonyl (C=O) groups is 1. The van der Waals surface area contributed by atoms with Crippen molar-refractivity contribution in [1.82, 2.24) is 10.3 Å². The van der Waals surface area contributed by atoms with Crippen molar-refractivity contribution in [2.45, 2.75) is 24.0 Å². The van der Waals surface area contributed by atoms with Gasteiger partial charge in [-0.15, -0.1) is 23.1 Å². The maximum atomic E-state index is 12.8. The van der Waals surface area contributed by atoms with Crippen LogP contribution >= 0.6 is 34.7 Å². The van der Waals surface area contributed by atoms with E-state index in [1.54, 1.807) is 23.1 Å². The first kappa shape index (κ1) is 21.0. The van der Waals surface area contributed by atoms with Gasteiger partial charge >= 0.3 is 0 Å². The van der Waals surface area contributed by atoms with E-state index in [1.807, 2.05) is 43.3 Å². The Morgan fingerprint density at radius 2 is 2.10 bits per heavy atom. The second-order valence-electron chi connectivity index (χ2n) is 6.75. The van der Waals surface area contributed by atoms with Crippen LogP contribution in [0.1, 0.15) is 26.6 Å². The Morgan fingerprint density at radius 3 is 2.93 bits per heavy atom. The van der Waals surface area contributed by atoms with Crippen LogP contribution in [-0.4, -0.2) is 30.6 Å². The highest BCUT2D eigenvalue weighted by molar-refractivity contribution is 7.98. The van der Waals surface area contributed by atoms with Crippen LogP contribution in [0, 0.1) is 6.92 Å². The van der Waals surface area contributed by atoms with Crippen LogP contribution in [0.2, 0.25) is 5.02 Å². The zero-order chi connectivity index (χ0) is 20.9. The van der Waals surface area contributed by atoms with Crippen LogP contribution in [0.15, 0.2) is 46.7 Å². The molecule has 3 aromatic rings. The van der Waals surface area contributed by atoms with Gasteiger partial charge in [0.15, 0.2) is 11.5 Å². The number of thioether (sulfide) groups is 1. The summed E-state index contributed by atoms with van der Waals surface area (Å²) in [6.07, 6.45) is 0.648. The number of hydrogen-bond donors (Lipinski definition) is 1. The van der Waals surface area contributed by atoms with E-state index in [9.17, 15) is 4.79 Å². The van der Waals surface area contributed by atoms with Gasteiger partial charge in [-0.1, -0.05) is 23.7 Å². The number of halogens is 1. The third-order valence-electron chi connectivity index (χ3n) is 4.53. The molecule has 2 aromatic carbocycles. The Hall–Kier alpha value is -2.22. The van der Waals surface area contributed by atoms with Gasteiger partial charge in [0.05, 0.1) is 21.3 Å². The Balaban J connectivity index is 1.36. The molecule has 1 aromatic heterocycles. The average Bonchev–Trinajstić information content (AvgIpc) is 3.17. The number of amides is 1. The van der Waals surface area contributed by atoms with Gasteiger partial charge in [-0.25, -0.2) is 4.98 Å². The smallest absolute Gasteiger partial charge is 0.252 e. The fraction of sp³-hybridized carbons (Fsp3) is 0.273. The maximum absolute atomic E-state index is 12.8. The topological polar surface area (TPSA) is 60.5 Å². The van der Waals surface area contributed by atoms with Crippen LogP contribution in [0.4, 0.5) is 0 Å². The minimum Gasteiger partial charge on any atom is -0.486 e. The lowest BCUT2D eigenvalue weighted by Crippen LogP contribution is -2.26. The van der Waals surface area contributed by atoms with E-state index in [1.165, 1.54) is 0 Å². The SMILES string of the molecule is Cc1nc(CSc2ccccc2C(=O)NCCc2cc(Cl)c3c(c2)OCCO3)cs1. The van der Waals surface area contributed by atoms with Gasteiger partial charge in [-0.05, 0) is 43.2 Å². The van der Waals surface area contributed by atoms with Crippen LogP contribution in [0.3, 0.4) is 0 Å². The predicted molar refractivity (Wildman–Crippen MR) is 121 cm³/mol. The minimum atomic E-state index is -0.0869. The molecule has 0 aliphatic carbocycles. The number of ether oxygens (including phenoxy) is 2. The molecule has 30 heavy (non-hydrogen) atoms. The molecule has 0 atom stereocenters. The molecule has 4 rings (SSSR count). The molecule has 0 bridgehead atoms. The molecule has 0 spiro atoms. The lowest BCUT2D eigenvalue weighted by Gasteiger charge is -2.20. The molecule has 156 valence electrons. The molecule has 0 radical (unpaired) electrons. The van der Waals surface area contributed by atoms with E-state index in [4.69, 9.17) is 21.1 Å². The lowest BCUT2D eigenvalue weighted by atomic mass is 10.1. The van der Waals surface area contributed by atoms with Crippen molar-refractivity contribution in [2.24, 2.45) is 0 Å². The number of thiazole rings is 1. The second-order valence-corrected chi connectivity index (χ2v) is 9.24. The van der Waals surface area contributed by atoms with Crippen molar-refractivity contribution in [2.75, 3.05) is 19.8 Å². The van der Waals surface area contributed by atoms with Gasteiger partial charge in [0.1, 0.15) is 13.2 Å². The number of benzene rings is 2. The van der Waals surface area contributed by atoms with Crippen LogP contribution in [-0.2, 0) is 12.2 Å². The zero-order valence-corrected chi connectivity index (χ0v) is 18.8.